The molecule has 1 unspecified atom stereocenters. The van der Waals surface area contributed by atoms with Crippen LogP contribution in [-0.2, 0) is 4.74 Å². The Morgan fingerprint density at radius 2 is 2.00 bits per heavy atom. The Bertz CT molecular complexity index is 367. The molecule has 4 heteroatoms. The van der Waals surface area contributed by atoms with E-state index < -0.39 is 0 Å². The van der Waals surface area contributed by atoms with E-state index >= 15 is 0 Å². The predicted molar refractivity (Wildman–Crippen MR) is 76.1 cm³/mol. The second kappa shape index (κ2) is 7.11. The van der Waals surface area contributed by atoms with E-state index in [9.17, 15) is 0 Å². The van der Waals surface area contributed by atoms with Crippen LogP contribution in [0.4, 0.5) is 11.4 Å². The molecule has 0 fully saturated rings. The minimum absolute atomic E-state index is 0.120. The number of ether oxygens (including phenoxy) is 2. The van der Waals surface area contributed by atoms with Crippen molar-refractivity contribution in [2.45, 2.75) is 26.9 Å². The van der Waals surface area contributed by atoms with Crippen molar-refractivity contribution in [3.63, 3.8) is 0 Å². The smallest absolute Gasteiger partial charge is 0.144 e. The van der Waals surface area contributed by atoms with Gasteiger partial charge in [0.2, 0.25) is 0 Å². The monoisotopic (exact) mass is 252 g/mol. The lowest BCUT2D eigenvalue weighted by Crippen LogP contribution is -2.17. The molecule has 3 N–H and O–H groups in total. The van der Waals surface area contributed by atoms with Crippen molar-refractivity contribution < 1.29 is 9.47 Å². The number of hydrogen-bond donors (Lipinski definition) is 2. The Hall–Kier alpha value is -1.42. The first-order valence-electron chi connectivity index (χ1n) is 6.32. The maximum Gasteiger partial charge on any atom is 0.144 e. The summed E-state index contributed by atoms with van der Waals surface area (Å²) in [4.78, 5) is 0. The Balaban J connectivity index is 2.65. The first kappa shape index (κ1) is 14.6. The van der Waals surface area contributed by atoms with Crippen LogP contribution in [0, 0.1) is 5.92 Å². The highest BCUT2D eigenvalue weighted by molar-refractivity contribution is 5.72. The van der Waals surface area contributed by atoms with E-state index in [1.165, 1.54) is 0 Å². The third-order valence-corrected chi connectivity index (χ3v) is 2.52. The summed E-state index contributed by atoms with van der Waals surface area (Å²) >= 11 is 0. The van der Waals surface area contributed by atoms with Gasteiger partial charge in [0.1, 0.15) is 5.75 Å². The SMILES string of the molecule is COCC(C)CNc1cccc(OC(C)C)c1N. The zero-order valence-electron chi connectivity index (χ0n) is 11.7. The fraction of sp³-hybridized carbons (Fsp3) is 0.571. The van der Waals surface area contributed by atoms with Crippen LogP contribution in [0.2, 0.25) is 0 Å². The fourth-order valence-electron chi connectivity index (χ4n) is 1.68. The number of nitrogens with one attached hydrogen (secondary N) is 1. The highest BCUT2D eigenvalue weighted by Gasteiger charge is 2.08. The van der Waals surface area contributed by atoms with Crippen LogP contribution in [0.25, 0.3) is 0 Å². The summed E-state index contributed by atoms with van der Waals surface area (Å²) in [6.45, 7) is 7.65. The second-order valence-corrected chi connectivity index (χ2v) is 4.83. The van der Waals surface area contributed by atoms with Gasteiger partial charge in [0, 0.05) is 13.7 Å². The van der Waals surface area contributed by atoms with Gasteiger partial charge in [0.25, 0.3) is 0 Å². The van der Waals surface area contributed by atoms with Crippen LogP contribution in [0.3, 0.4) is 0 Å². The molecule has 4 nitrogen and oxygen atoms in total. The average Bonchev–Trinajstić information content (AvgIpc) is 2.30. The van der Waals surface area contributed by atoms with E-state index in [1.54, 1.807) is 7.11 Å². The number of anilines is 2. The average molecular weight is 252 g/mol. The number of rotatable bonds is 7. The molecule has 1 atom stereocenters. The Labute approximate surface area is 109 Å². The molecule has 0 radical (unpaired) electrons. The van der Waals surface area contributed by atoms with Crippen LogP contribution in [0.1, 0.15) is 20.8 Å². The van der Waals surface area contributed by atoms with Gasteiger partial charge in [-0.2, -0.15) is 0 Å². The molecule has 0 spiro atoms. The van der Waals surface area contributed by atoms with Crippen LogP contribution < -0.4 is 15.8 Å². The van der Waals surface area contributed by atoms with Gasteiger partial charge >= 0.3 is 0 Å². The van der Waals surface area contributed by atoms with Gasteiger partial charge in [-0.1, -0.05) is 13.0 Å². The molecule has 102 valence electrons. The molecule has 0 saturated carbocycles. The van der Waals surface area contributed by atoms with E-state index in [-0.39, 0.29) is 6.10 Å². The van der Waals surface area contributed by atoms with Gasteiger partial charge in [0.15, 0.2) is 0 Å². The van der Waals surface area contributed by atoms with Crippen LogP contribution >= 0.6 is 0 Å². The minimum Gasteiger partial charge on any atom is -0.489 e. The largest absolute Gasteiger partial charge is 0.489 e. The molecule has 1 aromatic carbocycles. The van der Waals surface area contributed by atoms with Crippen molar-refractivity contribution in [1.82, 2.24) is 0 Å². The Morgan fingerprint density at radius 1 is 1.28 bits per heavy atom. The highest BCUT2D eigenvalue weighted by Crippen LogP contribution is 2.30. The fourth-order valence-corrected chi connectivity index (χ4v) is 1.68. The third-order valence-electron chi connectivity index (χ3n) is 2.52. The molecular weight excluding hydrogens is 228 g/mol. The molecule has 0 aliphatic rings. The summed E-state index contributed by atoms with van der Waals surface area (Å²) in [5.41, 5.74) is 7.65. The van der Waals surface area contributed by atoms with Crippen molar-refractivity contribution in [2.75, 3.05) is 31.3 Å². The number of methoxy groups -OCH3 is 1. The Kier molecular flexibility index (Phi) is 5.78. The molecule has 0 aliphatic heterocycles. The van der Waals surface area contributed by atoms with Gasteiger partial charge in [0.05, 0.1) is 24.1 Å². The lowest BCUT2D eigenvalue weighted by molar-refractivity contribution is 0.164. The third kappa shape index (κ3) is 4.45. The van der Waals surface area contributed by atoms with Crippen molar-refractivity contribution >= 4 is 11.4 Å². The van der Waals surface area contributed by atoms with Crippen molar-refractivity contribution in [3.05, 3.63) is 18.2 Å². The van der Waals surface area contributed by atoms with Gasteiger partial charge in [-0.05, 0) is 31.9 Å². The predicted octanol–water partition coefficient (Wildman–Crippen LogP) is 2.75. The maximum atomic E-state index is 6.07. The van der Waals surface area contributed by atoms with Crippen molar-refractivity contribution in [3.8, 4) is 5.75 Å². The number of nitrogen functional groups attached to an aromatic ring is 1. The zero-order valence-corrected chi connectivity index (χ0v) is 11.7. The first-order valence-corrected chi connectivity index (χ1v) is 6.32. The first-order chi connectivity index (χ1) is 8.54. The molecule has 0 amide bonds. The van der Waals surface area contributed by atoms with E-state index in [0.717, 1.165) is 24.6 Å². The van der Waals surface area contributed by atoms with Gasteiger partial charge < -0.3 is 20.5 Å². The second-order valence-electron chi connectivity index (χ2n) is 4.83. The van der Waals surface area contributed by atoms with E-state index in [2.05, 4.69) is 12.2 Å². The highest BCUT2D eigenvalue weighted by atomic mass is 16.5. The minimum atomic E-state index is 0.120. The Morgan fingerprint density at radius 3 is 2.61 bits per heavy atom. The summed E-state index contributed by atoms with van der Waals surface area (Å²) in [5.74, 6) is 1.17. The molecular formula is C14H24N2O2. The van der Waals surface area contributed by atoms with Crippen molar-refractivity contribution in [1.29, 1.82) is 0 Å². The molecule has 0 saturated heterocycles. The van der Waals surface area contributed by atoms with Gasteiger partial charge in [-0.3, -0.25) is 0 Å². The van der Waals surface area contributed by atoms with Gasteiger partial charge in [-0.25, -0.2) is 0 Å². The summed E-state index contributed by atoms with van der Waals surface area (Å²) in [7, 11) is 1.71. The molecule has 0 aliphatic carbocycles. The lowest BCUT2D eigenvalue weighted by Gasteiger charge is -2.17. The summed E-state index contributed by atoms with van der Waals surface area (Å²) < 4.78 is 10.8. The number of para-hydroxylation sites is 1. The lowest BCUT2D eigenvalue weighted by atomic mass is 10.2. The quantitative estimate of drug-likeness (QED) is 0.733. The molecule has 1 rings (SSSR count). The standard InChI is InChI=1S/C14H24N2O2/c1-10(2)18-13-7-5-6-12(14(13)15)16-8-11(3)9-17-4/h5-7,10-11,16H,8-9,15H2,1-4H3. The van der Waals surface area contributed by atoms with Gasteiger partial charge in [-0.15, -0.1) is 0 Å². The zero-order chi connectivity index (χ0) is 13.5. The van der Waals surface area contributed by atoms with Crippen LogP contribution in [0.15, 0.2) is 18.2 Å². The van der Waals surface area contributed by atoms with E-state index in [0.29, 0.717) is 11.6 Å². The van der Waals surface area contributed by atoms with E-state index in [4.69, 9.17) is 15.2 Å². The summed E-state index contributed by atoms with van der Waals surface area (Å²) in [6, 6.07) is 5.79. The maximum absolute atomic E-state index is 6.07. The van der Waals surface area contributed by atoms with Crippen molar-refractivity contribution in [2.24, 2.45) is 5.92 Å². The number of nitrogens with two attached hydrogens (primary N) is 1. The van der Waals surface area contributed by atoms with Crippen LogP contribution in [0.5, 0.6) is 5.75 Å². The van der Waals surface area contributed by atoms with Crippen LogP contribution in [-0.4, -0.2) is 26.4 Å². The molecule has 1 aromatic rings. The molecule has 18 heavy (non-hydrogen) atoms. The van der Waals surface area contributed by atoms with E-state index in [1.807, 2.05) is 32.0 Å². The summed E-state index contributed by atoms with van der Waals surface area (Å²) in [6.07, 6.45) is 0.120. The summed E-state index contributed by atoms with van der Waals surface area (Å²) in [5, 5.41) is 3.33. The molecule has 0 bridgehead atoms. The molecule has 0 heterocycles. The normalized spacial score (nSPS) is 12.5. The number of benzene rings is 1. The molecule has 0 aromatic heterocycles. The number of hydrogen-bond acceptors (Lipinski definition) is 4. The topological polar surface area (TPSA) is 56.5 Å².